The van der Waals surface area contributed by atoms with E-state index in [9.17, 15) is 0 Å². The molecule has 0 aliphatic rings. The molecule has 0 atom stereocenters. The summed E-state index contributed by atoms with van der Waals surface area (Å²) >= 11 is 16.3. The number of hydrogen-bond donors (Lipinski definition) is 0. The van der Waals surface area contributed by atoms with E-state index in [4.69, 9.17) is 16.3 Å². The Hall–Kier alpha value is -0.0300. The Morgan fingerprint density at radius 2 is 1.58 bits per heavy atom. The summed E-state index contributed by atoms with van der Waals surface area (Å²) in [6.07, 6.45) is 0. The zero-order valence-electron chi connectivity index (χ0n) is 9.80. The van der Waals surface area contributed by atoms with Crippen LogP contribution in [-0.4, -0.2) is 0 Å². The largest absolute Gasteiger partial charge is 0.486 e. The molecule has 100 valence electrons. The second kappa shape index (κ2) is 7.11. The first-order valence-corrected chi connectivity index (χ1v) is 8.43. The molecular weight excluding hydrogens is 459 g/mol. The lowest BCUT2D eigenvalue weighted by atomic mass is 10.2. The topological polar surface area (TPSA) is 9.23 Å². The van der Waals surface area contributed by atoms with Crippen molar-refractivity contribution < 1.29 is 4.74 Å². The number of hydrogen-bond acceptors (Lipinski definition) is 1. The molecule has 0 bridgehead atoms. The van der Waals surface area contributed by atoms with Crippen LogP contribution in [-0.2, 0) is 12.5 Å². The molecule has 0 aliphatic carbocycles. The van der Waals surface area contributed by atoms with Gasteiger partial charge in [-0.15, -0.1) is 11.6 Å². The Labute approximate surface area is 142 Å². The van der Waals surface area contributed by atoms with E-state index >= 15 is 0 Å². The Balaban J connectivity index is 2.18. The minimum Gasteiger partial charge on any atom is -0.486 e. The maximum Gasteiger partial charge on any atom is 0.148 e. The molecule has 19 heavy (non-hydrogen) atoms. The van der Waals surface area contributed by atoms with E-state index in [1.807, 2.05) is 36.4 Å². The molecule has 0 unspecified atom stereocenters. The van der Waals surface area contributed by atoms with Crippen LogP contribution in [0.1, 0.15) is 11.1 Å². The first-order valence-electron chi connectivity index (χ1n) is 5.52. The second-order valence-electron chi connectivity index (χ2n) is 3.90. The summed E-state index contributed by atoms with van der Waals surface area (Å²) in [4.78, 5) is 0. The van der Waals surface area contributed by atoms with Crippen molar-refractivity contribution in [2.75, 3.05) is 0 Å². The lowest BCUT2D eigenvalue weighted by Crippen LogP contribution is -1.98. The van der Waals surface area contributed by atoms with Gasteiger partial charge in [-0.25, -0.2) is 0 Å². The zero-order chi connectivity index (χ0) is 13.8. The summed E-state index contributed by atoms with van der Waals surface area (Å²) in [6.45, 7) is 0.499. The highest BCUT2D eigenvalue weighted by Crippen LogP contribution is 2.36. The van der Waals surface area contributed by atoms with Gasteiger partial charge in [-0.1, -0.05) is 34.1 Å². The fourth-order valence-electron chi connectivity index (χ4n) is 1.59. The minimum absolute atomic E-state index is 0.474. The molecule has 0 aromatic heterocycles. The standard InChI is InChI=1S/C14H10Br3ClO/c15-11-4-2-1-3-10(11)8-19-14-12(16)5-9(7-18)6-13(14)17/h1-6H,7-8H2. The van der Waals surface area contributed by atoms with Crippen molar-refractivity contribution in [1.29, 1.82) is 0 Å². The van der Waals surface area contributed by atoms with Crippen molar-refractivity contribution >= 4 is 59.4 Å². The molecule has 2 rings (SSSR count). The molecule has 2 aromatic rings. The molecule has 0 amide bonds. The highest BCUT2D eigenvalue weighted by atomic mass is 79.9. The third kappa shape index (κ3) is 3.97. The Morgan fingerprint density at radius 3 is 2.16 bits per heavy atom. The lowest BCUT2D eigenvalue weighted by Gasteiger charge is -2.12. The smallest absolute Gasteiger partial charge is 0.148 e. The Morgan fingerprint density at radius 1 is 0.947 bits per heavy atom. The average molecular weight is 469 g/mol. The second-order valence-corrected chi connectivity index (χ2v) is 6.73. The fourth-order valence-corrected chi connectivity index (χ4v) is 3.66. The molecule has 0 aliphatic heterocycles. The highest BCUT2D eigenvalue weighted by molar-refractivity contribution is 9.11. The van der Waals surface area contributed by atoms with Gasteiger partial charge in [-0.3, -0.25) is 0 Å². The average Bonchev–Trinajstić information content (AvgIpc) is 2.39. The predicted octanol–water partition coefficient (Wildman–Crippen LogP) is 6.29. The van der Waals surface area contributed by atoms with Gasteiger partial charge in [0, 0.05) is 15.9 Å². The number of alkyl halides is 1. The summed E-state index contributed by atoms with van der Waals surface area (Å²) in [5.74, 6) is 1.26. The summed E-state index contributed by atoms with van der Waals surface area (Å²) in [6, 6.07) is 11.9. The van der Waals surface area contributed by atoms with E-state index < -0.39 is 0 Å². The monoisotopic (exact) mass is 466 g/mol. The van der Waals surface area contributed by atoms with E-state index in [-0.39, 0.29) is 0 Å². The molecule has 0 fully saturated rings. The summed E-state index contributed by atoms with van der Waals surface area (Å²) < 4.78 is 8.69. The molecule has 0 saturated carbocycles. The van der Waals surface area contributed by atoms with E-state index in [1.54, 1.807) is 0 Å². The summed E-state index contributed by atoms with van der Waals surface area (Å²) in [5.41, 5.74) is 2.14. The van der Waals surface area contributed by atoms with Crippen molar-refractivity contribution in [3.05, 3.63) is 60.9 Å². The SMILES string of the molecule is ClCc1cc(Br)c(OCc2ccccc2Br)c(Br)c1. The van der Waals surface area contributed by atoms with Crippen LogP contribution in [0.4, 0.5) is 0 Å². The lowest BCUT2D eigenvalue weighted by molar-refractivity contribution is 0.301. The van der Waals surface area contributed by atoms with Crippen LogP contribution in [0.25, 0.3) is 0 Å². The van der Waals surface area contributed by atoms with Crippen LogP contribution in [0, 0.1) is 0 Å². The first-order chi connectivity index (χ1) is 9.11. The van der Waals surface area contributed by atoms with Crippen LogP contribution in [0.15, 0.2) is 49.8 Å². The zero-order valence-corrected chi connectivity index (χ0v) is 15.3. The first kappa shape index (κ1) is 15.4. The van der Waals surface area contributed by atoms with Gasteiger partial charge in [0.25, 0.3) is 0 Å². The summed E-state index contributed by atoms with van der Waals surface area (Å²) in [7, 11) is 0. The van der Waals surface area contributed by atoms with Crippen molar-refractivity contribution in [2.45, 2.75) is 12.5 Å². The third-order valence-corrected chi connectivity index (χ3v) is 4.80. The maximum absolute atomic E-state index is 5.87. The number of ether oxygens (including phenoxy) is 1. The minimum atomic E-state index is 0.474. The molecule has 2 aromatic carbocycles. The molecule has 0 heterocycles. The fraction of sp³-hybridized carbons (Fsp3) is 0.143. The van der Waals surface area contributed by atoms with E-state index in [1.165, 1.54) is 0 Å². The van der Waals surface area contributed by atoms with E-state index in [2.05, 4.69) is 47.8 Å². The van der Waals surface area contributed by atoms with Crippen LogP contribution in [0.2, 0.25) is 0 Å². The van der Waals surface area contributed by atoms with Gasteiger partial charge in [0.1, 0.15) is 12.4 Å². The van der Waals surface area contributed by atoms with Gasteiger partial charge < -0.3 is 4.74 Å². The summed E-state index contributed by atoms with van der Waals surface area (Å²) in [5, 5.41) is 0. The van der Waals surface area contributed by atoms with Crippen LogP contribution in [0.5, 0.6) is 5.75 Å². The molecule has 1 nitrogen and oxygen atoms in total. The van der Waals surface area contributed by atoms with Crippen molar-refractivity contribution in [3.8, 4) is 5.75 Å². The number of rotatable bonds is 4. The molecule has 0 radical (unpaired) electrons. The maximum atomic E-state index is 5.87. The van der Waals surface area contributed by atoms with Gasteiger partial charge in [0.05, 0.1) is 8.95 Å². The van der Waals surface area contributed by atoms with Gasteiger partial charge in [0.2, 0.25) is 0 Å². The van der Waals surface area contributed by atoms with Gasteiger partial charge in [0.15, 0.2) is 0 Å². The highest BCUT2D eigenvalue weighted by Gasteiger charge is 2.09. The van der Waals surface area contributed by atoms with E-state index in [0.29, 0.717) is 12.5 Å². The predicted molar refractivity (Wildman–Crippen MR) is 89.9 cm³/mol. The number of benzene rings is 2. The molecule has 5 heteroatoms. The van der Waals surface area contributed by atoms with E-state index in [0.717, 1.165) is 30.3 Å². The number of halogens is 4. The molecule has 0 saturated heterocycles. The van der Waals surface area contributed by atoms with Crippen molar-refractivity contribution in [2.24, 2.45) is 0 Å². The van der Waals surface area contributed by atoms with Crippen LogP contribution >= 0.6 is 59.4 Å². The van der Waals surface area contributed by atoms with Crippen molar-refractivity contribution in [1.82, 2.24) is 0 Å². The van der Waals surface area contributed by atoms with Crippen LogP contribution in [0.3, 0.4) is 0 Å². The third-order valence-electron chi connectivity index (χ3n) is 2.54. The molecule has 0 N–H and O–H groups in total. The van der Waals surface area contributed by atoms with Gasteiger partial charge in [-0.2, -0.15) is 0 Å². The van der Waals surface area contributed by atoms with Crippen LogP contribution < -0.4 is 4.74 Å². The molecular formula is C14H10Br3ClO. The Bertz CT molecular complexity index is 564. The quantitative estimate of drug-likeness (QED) is 0.478. The Kier molecular flexibility index (Phi) is 5.75. The van der Waals surface area contributed by atoms with Crippen molar-refractivity contribution in [3.63, 3.8) is 0 Å². The van der Waals surface area contributed by atoms with Gasteiger partial charge >= 0.3 is 0 Å². The normalized spacial score (nSPS) is 10.5. The molecule has 0 spiro atoms. The van der Waals surface area contributed by atoms with Gasteiger partial charge in [-0.05, 0) is 55.6 Å².